The van der Waals surface area contributed by atoms with Crippen molar-refractivity contribution in [3.8, 4) is 0 Å². The summed E-state index contributed by atoms with van der Waals surface area (Å²) in [5.41, 5.74) is 0. The van der Waals surface area contributed by atoms with Gasteiger partial charge >= 0.3 is 0 Å². The Bertz CT molecular complexity index is 480. The molecule has 20 heavy (non-hydrogen) atoms. The Balaban J connectivity index is 1.69. The smallest absolute Gasteiger partial charge is 0.225 e. The third-order valence-corrected chi connectivity index (χ3v) is 5.32. The minimum absolute atomic E-state index is 0.0151. The topological polar surface area (TPSA) is 58.2 Å². The summed E-state index contributed by atoms with van der Waals surface area (Å²) in [6.07, 6.45) is 5.21. The number of nitrogens with one attached hydrogen (secondary N) is 2. The zero-order valence-corrected chi connectivity index (χ0v) is 12.2. The lowest BCUT2D eigenvalue weighted by Gasteiger charge is -2.25. The van der Waals surface area contributed by atoms with Gasteiger partial charge in [0.15, 0.2) is 0 Å². The van der Waals surface area contributed by atoms with Crippen LogP contribution in [0.5, 0.6) is 0 Å². The molecule has 5 heteroatoms. The van der Waals surface area contributed by atoms with Crippen molar-refractivity contribution in [2.45, 2.75) is 38.1 Å². The second-order valence-electron chi connectivity index (χ2n) is 5.75. The normalized spacial score (nSPS) is 24.6. The predicted molar refractivity (Wildman–Crippen MR) is 78.3 cm³/mol. The molecule has 108 valence electrons. The molecule has 4 nitrogen and oxygen atoms in total. The molecule has 2 aliphatic rings. The number of rotatable bonds is 4. The van der Waals surface area contributed by atoms with Gasteiger partial charge in [-0.1, -0.05) is 18.9 Å². The highest BCUT2D eigenvalue weighted by atomic mass is 32.1. The molecule has 2 N–H and O–H groups in total. The standard InChI is InChI=1S/C15H20N2O2S/c18-13-8-11(9-16-13)15(19)17-14(10-4-1-2-5-10)12-6-3-7-20-12/h3,6-7,10-11,14H,1-2,4-5,8-9H2,(H,16,18)(H,17,19). The van der Waals surface area contributed by atoms with Gasteiger partial charge < -0.3 is 10.6 Å². The van der Waals surface area contributed by atoms with Crippen LogP contribution in [0.3, 0.4) is 0 Å². The molecule has 3 rings (SSSR count). The van der Waals surface area contributed by atoms with Crippen LogP contribution in [-0.2, 0) is 9.59 Å². The fourth-order valence-electron chi connectivity index (χ4n) is 3.24. The van der Waals surface area contributed by atoms with Crippen LogP contribution in [0.1, 0.15) is 43.0 Å². The lowest BCUT2D eigenvalue weighted by molar-refractivity contribution is -0.127. The molecule has 1 saturated heterocycles. The molecule has 0 aromatic carbocycles. The molecule has 2 fully saturated rings. The molecule has 2 heterocycles. The van der Waals surface area contributed by atoms with Crippen LogP contribution in [0, 0.1) is 11.8 Å². The minimum atomic E-state index is -0.202. The molecule has 1 aromatic heterocycles. The van der Waals surface area contributed by atoms with Gasteiger partial charge in [0, 0.05) is 17.8 Å². The van der Waals surface area contributed by atoms with Crippen molar-refractivity contribution < 1.29 is 9.59 Å². The Hall–Kier alpha value is -1.36. The third-order valence-electron chi connectivity index (χ3n) is 4.37. The summed E-state index contributed by atoms with van der Waals surface area (Å²) in [6, 6.07) is 4.27. The fourth-order valence-corrected chi connectivity index (χ4v) is 4.11. The van der Waals surface area contributed by atoms with E-state index < -0.39 is 0 Å². The highest BCUT2D eigenvalue weighted by Gasteiger charge is 2.33. The first-order valence-electron chi connectivity index (χ1n) is 7.34. The Morgan fingerprint density at radius 3 is 2.80 bits per heavy atom. The van der Waals surface area contributed by atoms with E-state index >= 15 is 0 Å². The molecule has 0 bridgehead atoms. The fraction of sp³-hybridized carbons (Fsp3) is 0.600. The maximum absolute atomic E-state index is 12.4. The molecule has 2 atom stereocenters. The Morgan fingerprint density at radius 1 is 1.40 bits per heavy atom. The average molecular weight is 292 g/mol. The largest absolute Gasteiger partial charge is 0.355 e. The molecular formula is C15H20N2O2S. The zero-order valence-electron chi connectivity index (χ0n) is 11.4. The van der Waals surface area contributed by atoms with Gasteiger partial charge in [0.1, 0.15) is 0 Å². The first kappa shape index (κ1) is 13.6. The van der Waals surface area contributed by atoms with Gasteiger partial charge in [0.05, 0.1) is 12.0 Å². The molecular weight excluding hydrogens is 272 g/mol. The number of amides is 2. The highest BCUT2D eigenvalue weighted by Crippen LogP contribution is 2.37. The molecule has 1 aromatic rings. The summed E-state index contributed by atoms with van der Waals surface area (Å²) >= 11 is 1.71. The second-order valence-corrected chi connectivity index (χ2v) is 6.73. The third kappa shape index (κ3) is 2.87. The van der Waals surface area contributed by atoms with Gasteiger partial charge in [0.2, 0.25) is 11.8 Å². The minimum Gasteiger partial charge on any atom is -0.355 e. The molecule has 0 spiro atoms. The Kier molecular flexibility index (Phi) is 4.05. The van der Waals surface area contributed by atoms with Crippen molar-refractivity contribution in [1.29, 1.82) is 0 Å². The van der Waals surface area contributed by atoms with Gasteiger partial charge in [-0.25, -0.2) is 0 Å². The molecule has 0 radical (unpaired) electrons. The maximum atomic E-state index is 12.4. The predicted octanol–water partition coefficient (Wildman–Crippen LogP) is 2.23. The van der Waals surface area contributed by atoms with Crippen LogP contribution < -0.4 is 10.6 Å². The van der Waals surface area contributed by atoms with E-state index in [2.05, 4.69) is 22.1 Å². The quantitative estimate of drug-likeness (QED) is 0.894. The summed E-state index contributed by atoms with van der Waals surface area (Å²) in [5.74, 6) is 0.348. The van der Waals surface area contributed by atoms with Gasteiger partial charge in [-0.15, -0.1) is 11.3 Å². The summed E-state index contributed by atoms with van der Waals surface area (Å²) in [5, 5.41) is 7.99. The summed E-state index contributed by atoms with van der Waals surface area (Å²) < 4.78 is 0. The Morgan fingerprint density at radius 2 is 2.20 bits per heavy atom. The highest BCUT2D eigenvalue weighted by molar-refractivity contribution is 7.10. The van der Waals surface area contributed by atoms with E-state index in [1.54, 1.807) is 11.3 Å². The van der Waals surface area contributed by atoms with E-state index in [-0.39, 0.29) is 23.8 Å². The van der Waals surface area contributed by atoms with E-state index in [4.69, 9.17) is 0 Å². The number of carbonyl (C=O) groups is 2. The van der Waals surface area contributed by atoms with Crippen LogP contribution in [0.4, 0.5) is 0 Å². The van der Waals surface area contributed by atoms with Crippen LogP contribution in [0.25, 0.3) is 0 Å². The summed E-state index contributed by atoms with van der Waals surface area (Å²) in [4.78, 5) is 24.8. The second kappa shape index (κ2) is 5.95. The van der Waals surface area contributed by atoms with Crippen LogP contribution in [0.2, 0.25) is 0 Å². The number of hydrogen-bond acceptors (Lipinski definition) is 3. The first-order chi connectivity index (χ1) is 9.74. The van der Waals surface area contributed by atoms with Crippen molar-refractivity contribution in [3.05, 3.63) is 22.4 Å². The van der Waals surface area contributed by atoms with Crippen molar-refractivity contribution >= 4 is 23.2 Å². The van der Waals surface area contributed by atoms with Crippen LogP contribution >= 0.6 is 11.3 Å². The van der Waals surface area contributed by atoms with Crippen LogP contribution in [-0.4, -0.2) is 18.4 Å². The van der Waals surface area contributed by atoms with E-state index in [1.165, 1.54) is 30.6 Å². The Labute approximate surface area is 122 Å². The van der Waals surface area contributed by atoms with E-state index in [9.17, 15) is 9.59 Å². The molecule has 1 aliphatic heterocycles. The lowest BCUT2D eigenvalue weighted by atomic mass is 9.95. The number of hydrogen-bond donors (Lipinski definition) is 2. The van der Waals surface area contributed by atoms with Gasteiger partial charge in [-0.3, -0.25) is 9.59 Å². The van der Waals surface area contributed by atoms with Gasteiger partial charge in [-0.2, -0.15) is 0 Å². The van der Waals surface area contributed by atoms with E-state index in [0.29, 0.717) is 18.9 Å². The molecule has 1 aliphatic carbocycles. The molecule has 2 amide bonds. The van der Waals surface area contributed by atoms with Gasteiger partial charge in [-0.05, 0) is 30.2 Å². The monoisotopic (exact) mass is 292 g/mol. The molecule has 1 saturated carbocycles. The van der Waals surface area contributed by atoms with E-state index in [0.717, 1.165) is 0 Å². The molecule has 2 unspecified atom stereocenters. The average Bonchev–Trinajstić information content (AvgIpc) is 3.17. The number of thiophene rings is 1. The maximum Gasteiger partial charge on any atom is 0.225 e. The summed E-state index contributed by atoms with van der Waals surface area (Å²) in [7, 11) is 0. The van der Waals surface area contributed by atoms with Crippen molar-refractivity contribution in [2.24, 2.45) is 11.8 Å². The van der Waals surface area contributed by atoms with Crippen molar-refractivity contribution in [2.75, 3.05) is 6.54 Å². The number of carbonyl (C=O) groups excluding carboxylic acids is 2. The van der Waals surface area contributed by atoms with Crippen LogP contribution in [0.15, 0.2) is 17.5 Å². The zero-order chi connectivity index (χ0) is 13.9. The lowest BCUT2D eigenvalue weighted by Crippen LogP contribution is -2.37. The first-order valence-corrected chi connectivity index (χ1v) is 8.22. The van der Waals surface area contributed by atoms with E-state index in [1.807, 2.05) is 6.07 Å². The van der Waals surface area contributed by atoms with Crippen molar-refractivity contribution in [1.82, 2.24) is 10.6 Å². The summed E-state index contributed by atoms with van der Waals surface area (Å²) in [6.45, 7) is 0.479. The van der Waals surface area contributed by atoms with Gasteiger partial charge in [0.25, 0.3) is 0 Å². The van der Waals surface area contributed by atoms with Crippen molar-refractivity contribution in [3.63, 3.8) is 0 Å². The SMILES string of the molecule is O=C1CC(C(=O)NC(c2cccs2)C2CCCC2)CN1.